The Labute approximate surface area is 104 Å². The zero-order valence-electron chi connectivity index (χ0n) is 10.1. The van der Waals surface area contributed by atoms with Crippen LogP contribution in [0.4, 0.5) is 0 Å². The van der Waals surface area contributed by atoms with Gasteiger partial charge in [0.25, 0.3) is 5.91 Å². The minimum absolute atomic E-state index is 0.0798. The molecule has 6 heteroatoms. The van der Waals surface area contributed by atoms with Crippen LogP contribution >= 0.6 is 0 Å². The van der Waals surface area contributed by atoms with Crippen LogP contribution in [0.2, 0.25) is 0 Å². The molecule has 2 aliphatic carbocycles. The molecule has 3 rings (SSSR count). The lowest BCUT2D eigenvalue weighted by atomic mass is 10.2. The highest BCUT2D eigenvalue weighted by atomic mass is 16.3. The first kappa shape index (κ1) is 11.3. The number of carbonyl (C=O) groups is 2. The van der Waals surface area contributed by atoms with Crippen LogP contribution in [0.25, 0.3) is 0 Å². The Hall–Kier alpha value is -1.85. The van der Waals surface area contributed by atoms with E-state index in [2.05, 4.69) is 15.8 Å². The van der Waals surface area contributed by atoms with Crippen LogP contribution in [0.5, 0.6) is 0 Å². The standard InChI is InChI=1S/C12H15N3O3/c1-6-10(13-5-18-6)12(17)15-14-11(16)9-4-8(9)7-2-3-7/h5,7-9H,2-4H2,1H3,(H,14,16)(H,15,17)/t8-,9+/m1/s1. The summed E-state index contributed by atoms with van der Waals surface area (Å²) in [5, 5.41) is 0. The van der Waals surface area contributed by atoms with Crippen LogP contribution in [0.15, 0.2) is 10.8 Å². The van der Waals surface area contributed by atoms with Gasteiger partial charge in [0.2, 0.25) is 5.91 Å². The molecule has 2 fully saturated rings. The molecule has 18 heavy (non-hydrogen) atoms. The minimum atomic E-state index is -0.446. The topological polar surface area (TPSA) is 84.2 Å². The molecular weight excluding hydrogens is 234 g/mol. The maximum atomic E-state index is 11.7. The van der Waals surface area contributed by atoms with Crippen LogP contribution in [-0.4, -0.2) is 16.8 Å². The van der Waals surface area contributed by atoms with Crippen molar-refractivity contribution in [2.75, 3.05) is 0 Å². The van der Waals surface area contributed by atoms with Crippen LogP contribution in [0.1, 0.15) is 35.5 Å². The molecule has 0 aromatic carbocycles. The summed E-state index contributed by atoms with van der Waals surface area (Å²) >= 11 is 0. The van der Waals surface area contributed by atoms with E-state index in [0.717, 1.165) is 12.3 Å². The summed E-state index contributed by atoms with van der Waals surface area (Å²) in [5.74, 6) is 1.25. The summed E-state index contributed by atoms with van der Waals surface area (Å²) in [6, 6.07) is 0. The number of carbonyl (C=O) groups excluding carboxylic acids is 2. The molecule has 0 radical (unpaired) electrons. The second-order valence-corrected chi connectivity index (χ2v) is 5.04. The highest BCUT2D eigenvalue weighted by molar-refractivity contribution is 5.94. The van der Waals surface area contributed by atoms with E-state index in [1.54, 1.807) is 6.92 Å². The number of nitrogens with zero attached hydrogens (tertiary/aromatic N) is 1. The van der Waals surface area contributed by atoms with E-state index < -0.39 is 5.91 Å². The largest absolute Gasteiger partial charge is 0.448 e. The monoisotopic (exact) mass is 249 g/mol. The van der Waals surface area contributed by atoms with Gasteiger partial charge in [-0.1, -0.05) is 0 Å². The average Bonchev–Trinajstić information content (AvgIpc) is 3.22. The van der Waals surface area contributed by atoms with E-state index in [-0.39, 0.29) is 17.5 Å². The third-order valence-corrected chi connectivity index (χ3v) is 3.66. The summed E-state index contributed by atoms with van der Waals surface area (Å²) in [4.78, 5) is 27.2. The Morgan fingerprint density at radius 3 is 2.78 bits per heavy atom. The number of oxazole rings is 1. The van der Waals surface area contributed by atoms with E-state index in [1.807, 2.05) is 0 Å². The first-order valence-electron chi connectivity index (χ1n) is 6.17. The third kappa shape index (κ3) is 2.10. The molecule has 0 aliphatic heterocycles. The van der Waals surface area contributed by atoms with Crippen LogP contribution < -0.4 is 10.9 Å². The molecule has 96 valence electrons. The quantitative estimate of drug-likeness (QED) is 0.776. The van der Waals surface area contributed by atoms with Gasteiger partial charge in [0, 0.05) is 5.92 Å². The Morgan fingerprint density at radius 2 is 2.17 bits per heavy atom. The summed E-state index contributed by atoms with van der Waals surface area (Å²) in [5.41, 5.74) is 5.02. The highest BCUT2D eigenvalue weighted by Gasteiger charge is 2.51. The zero-order valence-corrected chi connectivity index (χ0v) is 10.1. The van der Waals surface area contributed by atoms with Crippen LogP contribution in [-0.2, 0) is 4.79 Å². The molecule has 0 saturated heterocycles. The van der Waals surface area contributed by atoms with Crippen molar-refractivity contribution in [3.63, 3.8) is 0 Å². The number of aromatic nitrogens is 1. The van der Waals surface area contributed by atoms with Crippen molar-refractivity contribution in [2.24, 2.45) is 17.8 Å². The number of rotatable bonds is 3. The molecular formula is C12H15N3O3. The van der Waals surface area contributed by atoms with Gasteiger partial charge in [-0.2, -0.15) is 0 Å². The van der Waals surface area contributed by atoms with Crippen molar-refractivity contribution in [3.8, 4) is 0 Å². The van der Waals surface area contributed by atoms with Crippen molar-refractivity contribution in [1.82, 2.24) is 15.8 Å². The molecule has 2 atom stereocenters. The molecule has 1 aromatic heterocycles. The predicted molar refractivity (Wildman–Crippen MR) is 61.2 cm³/mol. The molecule has 2 saturated carbocycles. The first-order valence-corrected chi connectivity index (χ1v) is 6.17. The van der Waals surface area contributed by atoms with Crippen LogP contribution in [0.3, 0.4) is 0 Å². The smallest absolute Gasteiger partial charge is 0.291 e. The molecule has 2 aliphatic rings. The van der Waals surface area contributed by atoms with E-state index in [1.165, 1.54) is 19.2 Å². The van der Waals surface area contributed by atoms with Gasteiger partial charge in [0.1, 0.15) is 5.76 Å². The third-order valence-electron chi connectivity index (χ3n) is 3.66. The summed E-state index contributed by atoms with van der Waals surface area (Å²) in [6.07, 6.45) is 4.66. The Bertz CT molecular complexity index is 493. The lowest BCUT2D eigenvalue weighted by Gasteiger charge is -2.05. The van der Waals surface area contributed by atoms with Gasteiger partial charge in [-0.25, -0.2) is 4.98 Å². The normalized spacial score (nSPS) is 25.6. The maximum Gasteiger partial charge on any atom is 0.291 e. The predicted octanol–water partition coefficient (Wildman–Crippen LogP) is 0.790. The van der Waals surface area contributed by atoms with Crippen molar-refractivity contribution < 1.29 is 14.0 Å². The highest BCUT2D eigenvalue weighted by Crippen LogP contribution is 2.54. The van der Waals surface area contributed by atoms with Gasteiger partial charge in [0.15, 0.2) is 12.1 Å². The van der Waals surface area contributed by atoms with Gasteiger partial charge < -0.3 is 4.42 Å². The van der Waals surface area contributed by atoms with Gasteiger partial charge >= 0.3 is 0 Å². The summed E-state index contributed by atoms with van der Waals surface area (Å²) in [6.45, 7) is 1.65. The molecule has 6 nitrogen and oxygen atoms in total. The average molecular weight is 249 g/mol. The first-order chi connectivity index (χ1) is 8.66. The second-order valence-electron chi connectivity index (χ2n) is 5.04. The SMILES string of the molecule is Cc1ocnc1C(=O)NNC(=O)[C@H]1C[C@@H]1C1CC1. The molecule has 0 bridgehead atoms. The van der Waals surface area contributed by atoms with Gasteiger partial charge in [-0.3, -0.25) is 20.4 Å². The van der Waals surface area contributed by atoms with E-state index in [4.69, 9.17) is 4.42 Å². The van der Waals surface area contributed by atoms with Crippen molar-refractivity contribution in [1.29, 1.82) is 0 Å². The van der Waals surface area contributed by atoms with Gasteiger partial charge in [-0.15, -0.1) is 0 Å². The van der Waals surface area contributed by atoms with E-state index in [9.17, 15) is 9.59 Å². The van der Waals surface area contributed by atoms with Crippen LogP contribution in [0, 0.1) is 24.7 Å². The fourth-order valence-corrected chi connectivity index (χ4v) is 2.36. The number of nitrogens with one attached hydrogen (secondary N) is 2. The minimum Gasteiger partial charge on any atom is -0.448 e. The summed E-state index contributed by atoms with van der Waals surface area (Å²) < 4.78 is 4.92. The lowest BCUT2D eigenvalue weighted by molar-refractivity contribution is -0.123. The molecule has 1 heterocycles. The number of aryl methyl sites for hydroxylation is 1. The molecule has 0 unspecified atom stereocenters. The number of hydrogen-bond donors (Lipinski definition) is 2. The molecule has 1 aromatic rings. The maximum absolute atomic E-state index is 11.7. The summed E-state index contributed by atoms with van der Waals surface area (Å²) in [7, 11) is 0. The van der Waals surface area contributed by atoms with Gasteiger partial charge in [-0.05, 0) is 38.0 Å². The second kappa shape index (κ2) is 4.12. The number of hydrazine groups is 1. The Morgan fingerprint density at radius 1 is 1.39 bits per heavy atom. The van der Waals surface area contributed by atoms with Crippen molar-refractivity contribution >= 4 is 11.8 Å². The lowest BCUT2D eigenvalue weighted by Crippen LogP contribution is -2.43. The Kier molecular flexibility index (Phi) is 2.57. The van der Waals surface area contributed by atoms with E-state index >= 15 is 0 Å². The Balaban J connectivity index is 1.48. The fourth-order valence-electron chi connectivity index (χ4n) is 2.36. The molecule has 0 spiro atoms. The fraction of sp³-hybridized carbons (Fsp3) is 0.583. The van der Waals surface area contributed by atoms with Crippen molar-refractivity contribution in [3.05, 3.63) is 17.8 Å². The van der Waals surface area contributed by atoms with Crippen molar-refractivity contribution in [2.45, 2.75) is 26.2 Å². The van der Waals surface area contributed by atoms with Gasteiger partial charge in [0.05, 0.1) is 0 Å². The molecule has 2 N–H and O–H groups in total. The zero-order chi connectivity index (χ0) is 12.7. The number of hydrogen-bond acceptors (Lipinski definition) is 4. The van der Waals surface area contributed by atoms with E-state index in [0.29, 0.717) is 11.7 Å². The number of amides is 2. The molecule has 2 amide bonds.